The van der Waals surface area contributed by atoms with Crippen LogP contribution in [-0.2, 0) is 11.2 Å². The van der Waals surface area contributed by atoms with Crippen LogP contribution in [0.25, 0.3) is 0 Å². The highest BCUT2D eigenvalue weighted by Crippen LogP contribution is 2.25. The molecule has 1 aromatic heterocycles. The molecule has 0 bridgehead atoms. The minimum atomic E-state index is -0.300. The molecule has 0 aromatic carbocycles. The Hall–Kier alpha value is -1.36. The average molecular weight is 283 g/mol. The summed E-state index contributed by atoms with van der Waals surface area (Å²) in [6, 6.07) is 1.43. The minimum absolute atomic E-state index is 0.283. The van der Waals surface area contributed by atoms with Crippen LogP contribution in [0.4, 0.5) is 5.82 Å². The summed E-state index contributed by atoms with van der Waals surface area (Å²) in [5.74, 6) is 1.14. The highest BCUT2D eigenvalue weighted by atomic mass is 35.5. The molecule has 5 nitrogen and oxygen atoms in total. The SMILES string of the molecule is CCCc1nc(Cl)cc(N2CCCCC2C(N)=O)n1. The Morgan fingerprint density at radius 3 is 3.00 bits per heavy atom. The number of rotatable bonds is 4. The summed E-state index contributed by atoms with van der Waals surface area (Å²) in [6.07, 6.45) is 4.57. The zero-order chi connectivity index (χ0) is 13.8. The van der Waals surface area contributed by atoms with Crippen LogP contribution in [-0.4, -0.2) is 28.5 Å². The van der Waals surface area contributed by atoms with Gasteiger partial charge in [0, 0.05) is 19.0 Å². The van der Waals surface area contributed by atoms with Gasteiger partial charge in [-0.1, -0.05) is 18.5 Å². The lowest BCUT2D eigenvalue weighted by molar-refractivity contribution is -0.119. The standard InChI is InChI=1S/C13H19ClN4O/c1-2-5-11-16-10(14)8-12(17-11)18-7-4-3-6-9(18)13(15)19/h8-9H,2-7H2,1H3,(H2,15,19). The van der Waals surface area contributed by atoms with Crippen LogP contribution in [0.3, 0.4) is 0 Å². The summed E-state index contributed by atoms with van der Waals surface area (Å²) in [4.78, 5) is 22.2. The van der Waals surface area contributed by atoms with Gasteiger partial charge in [0.15, 0.2) is 0 Å². The van der Waals surface area contributed by atoms with E-state index >= 15 is 0 Å². The number of aryl methyl sites for hydroxylation is 1. The third kappa shape index (κ3) is 3.35. The summed E-state index contributed by atoms with van der Waals surface area (Å²) in [5.41, 5.74) is 5.47. The van der Waals surface area contributed by atoms with Gasteiger partial charge in [-0.3, -0.25) is 4.79 Å². The third-order valence-corrected chi connectivity index (χ3v) is 3.52. The van der Waals surface area contributed by atoms with Gasteiger partial charge in [0.25, 0.3) is 0 Å². The molecule has 1 saturated heterocycles. The Labute approximate surface area is 118 Å². The number of hydrogen-bond donors (Lipinski definition) is 1. The van der Waals surface area contributed by atoms with Gasteiger partial charge in [-0.05, 0) is 25.7 Å². The molecule has 0 aliphatic carbocycles. The van der Waals surface area contributed by atoms with Gasteiger partial charge in [0.2, 0.25) is 5.91 Å². The molecule has 0 radical (unpaired) electrons. The van der Waals surface area contributed by atoms with Crippen LogP contribution in [0.1, 0.15) is 38.4 Å². The average Bonchev–Trinajstić information content (AvgIpc) is 2.38. The van der Waals surface area contributed by atoms with Crippen molar-refractivity contribution in [2.75, 3.05) is 11.4 Å². The summed E-state index contributed by atoms with van der Waals surface area (Å²) in [6.45, 7) is 2.85. The van der Waals surface area contributed by atoms with E-state index in [0.717, 1.165) is 44.5 Å². The molecule has 1 unspecified atom stereocenters. The molecule has 0 spiro atoms. The van der Waals surface area contributed by atoms with Crippen LogP contribution < -0.4 is 10.6 Å². The van der Waals surface area contributed by atoms with Crippen LogP contribution in [0.5, 0.6) is 0 Å². The van der Waals surface area contributed by atoms with Crippen molar-refractivity contribution in [2.24, 2.45) is 5.73 Å². The molecule has 1 aromatic rings. The fraction of sp³-hybridized carbons (Fsp3) is 0.615. The zero-order valence-corrected chi connectivity index (χ0v) is 11.9. The number of carbonyl (C=O) groups is 1. The largest absolute Gasteiger partial charge is 0.368 e. The normalized spacial score (nSPS) is 19.5. The van der Waals surface area contributed by atoms with Crippen molar-refractivity contribution in [3.63, 3.8) is 0 Å². The van der Waals surface area contributed by atoms with Gasteiger partial charge in [-0.25, -0.2) is 9.97 Å². The molecular formula is C13H19ClN4O. The Morgan fingerprint density at radius 1 is 1.53 bits per heavy atom. The first-order valence-electron chi connectivity index (χ1n) is 6.71. The number of halogens is 1. The number of nitrogens with two attached hydrogens (primary N) is 1. The summed E-state index contributed by atoms with van der Waals surface area (Å²) in [5, 5.41) is 0.419. The maximum atomic E-state index is 11.5. The molecule has 1 aliphatic heterocycles. The Morgan fingerprint density at radius 2 is 2.32 bits per heavy atom. The predicted octanol–water partition coefficient (Wildman–Crippen LogP) is 1.93. The predicted molar refractivity (Wildman–Crippen MR) is 75.2 cm³/mol. The smallest absolute Gasteiger partial charge is 0.240 e. The number of aromatic nitrogens is 2. The minimum Gasteiger partial charge on any atom is -0.368 e. The van der Waals surface area contributed by atoms with E-state index in [0.29, 0.717) is 11.0 Å². The van der Waals surface area contributed by atoms with Crippen molar-refractivity contribution in [2.45, 2.75) is 45.1 Å². The zero-order valence-electron chi connectivity index (χ0n) is 11.1. The van der Waals surface area contributed by atoms with E-state index in [9.17, 15) is 4.79 Å². The molecule has 19 heavy (non-hydrogen) atoms. The van der Waals surface area contributed by atoms with E-state index in [1.807, 2.05) is 4.90 Å². The highest BCUT2D eigenvalue weighted by Gasteiger charge is 2.28. The quantitative estimate of drug-likeness (QED) is 0.857. The van der Waals surface area contributed by atoms with Crippen molar-refractivity contribution in [3.05, 3.63) is 17.0 Å². The fourth-order valence-corrected chi connectivity index (χ4v) is 2.63. The maximum Gasteiger partial charge on any atom is 0.240 e. The number of amides is 1. The Kier molecular flexibility index (Phi) is 4.58. The number of hydrogen-bond acceptors (Lipinski definition) is 4. The fourth-order valence-electron chi connectivity index (χ4n) is 2.44. The number of nitrogens with zero attached hydrogens (tertiary/aromatic N) is 3. The van der Waals surface area contributed by atoms with E-state index in [2.05, 4.69) is 16.9 Å². The van der Waals surface area contributed by atoms with E-state index in [1.165, 1.54) is 0 Å². The second kappa shape index (κ2) is 6.19. The van der Waals surface area contributed by atoms with E-state index < -0.39 is 0 Å². The second-order valence-corrected chi connectivity index (χ2v) is 5.21. The third-order valence-electron chi connectivity index (χ3n) is 3.33. The lowest BCUT2D eigenvalue weighted by Crippen LogP contribution is -2.48. The number of primary amides is 1. The van der Waals surface area contributed by atoms with Crippen LogP contribution in [0.2, 0.25) is 5.15 Å². The van der Waals surface area contributed by atoms with Gasteiger partial charge >= 0.3 is 0 Å². The van der Waals surface area contributed by atoms with Crippen molar-refractivity contribution in [1.82, 2.24) is 9.97 Å². The molecule has 1 fully saturated rings. The number of carbonyl (C=O) groups excluding carboxylic acids is 1. The monoisotopic (exact) mass is 282 g/mol. The highest BCUT2D eigenvalue weighted by molar-refractivity contribution is 6.29. The van der Waals surface area contributed by atoms with Crippen LogP contribution in [0.15, 0.2) is 6.07 Å². The van der Waals surface area contributed by atoms with Crippen molar-refractivity contribution < 1.29 is 4.79 Å². The van der Waals surface area contributed by atoms with Gasteiger partial charge in [-0.2, -0.15) is 0 Å². The molecule has 0 saturated carbocycles. The molecule has 6 heteroatoms. The molecular weight excluding hydrogens is 264 g/mol. The number of piperidine rings is 1. The Bertz CT molecular complexity index is 466. The van der Waals surface area contributed by atoms with E-state index in [4.69, 9.17) is 17.3 Å². The Balaban J connectivity index is 2.30. The molecule has 1 atom stereocenters. The van der Waals surface area contributed by atoms with Crippen LogP contribution >= 0.6 is 11.6 Å². The van der Waals surface area contributed by atoms with Crippen LogP contribution in [0, 0.1) is 0 Å². The first kappa shape index (κ1) is 14.1. The van der Waals surface area contributed by atoms with Gasteiger partial charge in [-0.15, -0.1) is 0 Å². The lowest BCUT2D eigenvalue weighted by Gasteiger charge is -2.34. The molecule has 104 valence electrons. The first-order valence-corrected chi connectivity index (χ1v) is 7.09. The molecule has 1 amide bonds. The topological polar surface area (TPSA) is 72.1 Å². The van der Waals surface area contributed by atoms with Crippen molar-refractivity contribution >= 4 is 23.3 Å². The lowest BCUT2D eigenvalue weighted by atomic mass is 10.0. The van der Waals surface area contributed by atoms with Gasteiger partial charge in [0.05, 0.1) is 0 Å². The molecule has 2 N–H and O–H groups in total. The molecule has 2 heterocycles. The summed E-state index contributed by atoms with van der Waals surface area (Å²) < 4.78 is 0. The maximum absolute atomic E-state index is 11.5. The van der Waals surface area contributed by atoms with Crippen molar-refractivity contribution in [3.8, 4) is 0 Å². The molecule has 2 rings (SSSR count). The number of anilines is 1. The summed E-state index contributed by atoms with van der Waals surface area (Å²) >= 11 is 6.04. The van der Waals surface area contributed by atoms with Gasteiger partial charge in [0.1, 0.15) is 22.8 Å². The molecule has 1 aliphatic rings. The van der Waals surface area contributed by atoms with E-state index in [-0.39, 0.29) is 11.9 Å². The van der Waals surface area contributed by atoms with Crippen molar-refractivity contribution in [1.29, 1.82) is 0 Å². The van der Waals surface area contributed by atoms with E-state index in [1.54, 1.807) is 6.07 Å². The summed E-state index contributed by atoms with van der Waals surface area (Å²) in [7, 11) is 0. The second-order valence-electron chi connectivity index (χ2n) is 4.82. The van der Waals surface area contributed by atoms with Gasteiger partial charge < -0.3 is 10.6 Å². The first-order chi connectivity index (χ1) is 9.11.